The van der Waals surface area contributed by atoms with E-state index in [4.69, 9.17) is 4.74 Å². The van der Waals surface area contributed by atoms with Crippen LogP contribution in [0.4, 0.5) is 0 Å². The highest BCUT2D eigenvalue weighted by Gasteiger charge is 2.46. The third-order valence-electron chi connectivity index (χ3n) is 5.82. The first-order valence-electron chi connectivity index (χ1n) is 11.3. The lowest BCUT2D eigenvalue weighted by atomic mass is 9.95. The van der Waals surface area contributed by atoms with E-state index < -0.39 is 17.7 Å². The van der Waals surface area contributed by atoms with Gasteiger partial charge in [-0.1, -0.05) is 25.5 Å². The summed E-state index contributed by atoms with van der Waals surface area (Å²) in [6.07, 6.45) is 8.51. The molecule has 0 aliphatic carbocycles. The molecule has 1 amide bonds. The van der Waals surface area contributed by atoms with Gasteiger partial charge in [-0.15, -0.1) is 0 Å². The third kappa shape index (κ3) is 4.69. The molecule has 1 saturated heterocycles. The first-order chi connectivity index (χ1) is 16.5. The normalized spacial score (nSPS) is 17.2. The van der Waals surface area contributed by atoms with E-state index in [1.165, 1.54) is 4.90 Å². The van der Waals surface area contributed by atoms with Gasteiger partial charge in [-0.05, 0) is 60.4 Å². The maximum absolute atomic E-state index is 13.2. The third-order valence-corrected chi connectivity index (χ3v) is 5.82. The topological polar surface area (TPSA) is 92.6 Å². The minimum Gasteiger partial charge on any atom is -0.507 e. The average molecular weight is 458 g/mol. The van der Waals surface area contributed by atoms with E-state index in [2.05, 4.69) is 16.9 Å². The summed E-state index contributed by atoms with van der Waals surface area (Å²) in [4.78, 5) is 36.0. The van der Waals surface area contributed by atoms with Crippen LogP contribution in [0.5, 0.6) is 5.75 Å². The summed E-state index contributed by atoms with van der Waals surface area (Å²) in [5, 5.41) is 11.3. The van der Waals surface area contributed by atoms with Crippen LogP contribution in [0.2, 0.25) is 0 Å². The van der Waals surface area contributed by atoms with Crippen LogP contribution in [0.25, 0.3) is 5.76 Å². The van der Waals surface area contributed by atoms with Crippen LogP contribution in [0.3, 0.4) is 0 Å². The summed E-state index contributed by atoms with van der Waals surface area (Å²) >= 11 is 0. The molecule has 0 spiro atoms. The summed E-state index contributed by atoms with van der Waals surface area (Å²) in [6.45, 7) is 4.78. The van der Waals surface area contributed by atoms with Crippen LogP contribution in [0.1, 0.15) is 48.1 Å². The number of benzene rings is 1. The van der Waals surface area contributed by atoms with Crippen molar-refractivity contribution in [3.8, 4) is 5.75 Å². The summed E-state index contributed by atoms with van der Waals surface area (Å²) < 4.78 is 5.81. The summed E-state index contributed by atoms with van der Waals surface area (Å²) in [7, 11) is 0. The van der Waals surface area contributed by atoms with Crippen molar-refractivity contribution in [2.24, 2.45) is 0 Å². The van der Waals surface area contributed by atoms with Crippen LogP contribution < -0.4 is 4.74 Å². The smallest absolute Gasteiger partial charge is 0.295 e. The minimum absolute atomic E-state index is 0.0425. The van der Waals surface area contributed by atoms with Gasteiger partial charge in [0.15, 0.2) is 0 Å². The Bertz CT molecular complexity index is 1210. The Morgan fingerprint density at radius 2 is 1.85 bits per heavy atom. The maximum Gasteiger partial charge on any atom is 0.295 e. The number of aromatic nitrogens is 2. The van der Waals surface area contributed by atoms with E-state index in [0.717, 1.165) is 29.7 Å². The number of ketones is 1. The number of Topliss-reactive ketones (excluding diaryl/α,β-unsaturated/α-hetero) is 1. The van der Waals surface area contributed by atoms with E-state index in [1.807, 2.05) is 13.0 Å². The zero-order valence-corrected chi connectivity index (χ0v) is 19.3. The monoisotopic (exact) mass is 457 g/mol. The second-order valence-corrected chi connectivity index (χ2v) is 8.26. The van der Waals surface area contributed by atoms with Gasteiger partial charge >= 0.3 is 0 Å². The Morgan fingerprint density at radius 3 is 2.50 bits per heavy atom. The molecule has 0 bridgehead atoms. The lowest BCUT2D eigenvalue weighted by Crippen LogP contribution is -2.29. The maximum atomic E-state index is 13.2. The second kappa shape index (κ2) is 10.3. The number of rotatable bonds is 8. The van der Waals surface area contributed by atoms with Crippen molar-refractivity contribution in [3.05, 3.63) is 95.1 Å². The SMILES string of the molecule is CCCCOc1ccc(/C(O)=C2\C(=O)C(=O)N(Cc3cccnc3)C2c2cccnc2)cc1C. The Morgan fingerprint density at radius 1 is 1.09 bits per heavy atom. The number of ether oxygens (including phenoxy) is 1. The lowest BCUT2D eigenvalue weighted by Gasteiger charge is -2.25. The quantitative estimate of drug-likeness (QED) is 0.230. The molecule has 1 fully saturated rings. The van der Waals surface area contributed by atoms with Crippen LogP contribution in [0, 0.1) is 6.92 Å². The zero-order valence-electron chi connectivity index (χ0n) is 19.3. The molecule has 3 heterocycles. The van der Waals surface area contributed by atoms with E-state index in [-0.39, 0.29) is 17.9 Å². The number of hydrogen-bond acceptors (Lipinski definition) is 6. The number of unbranched alkanes of at least 4 members (excludes halogenated alkanes) is 1. The number of amides is 1. The van der Waals surface area contributed by atoms with E-state index in [0.29, 0.717) is 17.7 Å². The van der Waals surface area contributed by atoms with Crippen molar-refractivity contribution < 1.29 is 19.4 Å². The van der Waals surface area contributed by atoms with Crippen LogP contribution >= 0.6 is 0 Å². The Balaban J connectivity index is 1.76. The van der Waals surface area contributed by atoms with Crippen molar-refractivity contribution >= 4 is 17.4 Å². The molecule has 1 aromatic carbocycles. The first-order valence-corrected chi connectivity index (χ1v) is 11.3. The molecule has 174 valence electrons. The summed E-state index contributed by atoms with van der Waals surface area (Å²) in [5.41, 5.74) is 2.75. The Labute approximate surface area is 198 Å². The molecule has 7 nitrogen and oxygen atoms in total. The second-order valence-electron chi connectivity index (χ2n) is 8.26. The van der Waals surface area contributed by atoms with Crippen LogP contribution in [-0.4, -0.2) is 38.3 Å². The average Bonchev–Trinajstić information content (AvgIpc) is 3.11. The highest BCUT2D eigenvalue weighted by Crippen LogP contribution is 2.40. The Hall–Kier alpha value is -4.00. The number of carbonyl (C=O) groups is 2. The van der Waals surface area contributed by atoms with Gasteiger partial charge in [-0.25, -0.2) is 0 Å². The minimum atomic E-state index is -0.769. The number of pyridine rings is 2. The van der Waals surface area contributed by atoms with Crippen molar-refractivity contribution in [3.63, 3.8) is 0 Å². The van der Waals surface area contributed by atoms with E-state index in [1.54, 1.807) is 61.2 Å². The van der Waals surface area contributed by atoms with Gasteiger partial charge < -0.3 is 14.7 Å². The summed E-state index contributed by atoms with van der Waals surface area (Å²) in [6, 6.07) is 11.6. The van der Waals surface area contributed by atoms with Gasteiger partial charge in [-0.3, -0.25) is 19.6 Å². The van der Waals surface area contributed by atoms with E-state index in [9.17, 15) is 14.7 Å². The van der Waals surface area contributed by atoms with Gasteiger partial charge in [0.05, 0.1) is 18.2 Å². The predicted octanol–water partition coefficient (Wildman–Crippen LogP) is 4.59. The molecule has 3 aromatic rings. The molecule has 34 heavy (non-hydrogen) atoms. The standard InChI is InChI=1S/C27H27N3O4/c1-3-4-13-34-22-10-9-20(14-18(22)2)25(31)23-24(21-8-6-12-29-16-21)30(27(33)26(23)32)17-19-7-5-11-28-15-19/h5-12,14-16,24,31H,3-4,13,17H2,1-2H3/b25-23+. The van der Waals surface area contributed by atoms with Crippen LogP contribution in [0.15, 0.2) is 72.8 Å². The largest absolute Gasteiger partial charge is 0.507 e. The molecule has 4 rings (SSSR count). The molecule has 0 saturated carbocycles. The van der Waals surface area contributed by atoms with Gasteiger partial charge in [0.1, 0.15) is 11.5 Å². The van der Waals surface area contributed by atoms with Gasteiger partial charge in [-0.2, -0.15) is 0 Å². The molecule has 0 radical (unpaired) electrons. The number of aliphatic hydroxyl groups is 1. The molecule has 1 N–H and O–H groups in total. The number of aliphatic hydroxyl groups excluding tert-OH is 1. The van der Waals surface area contributed by atoms with Crippen molar-refractivity contribution in [1.29, 1.82) is 0 Å². The zero-order chi connectivity index (χ0) is 24.1. The number of aryl methyl sites for hydroxylation is 1. The number of carbonyl (C=O) groups excluding carboxylic acids is 2. The molecule has 1 aliphatic heterocycles. The number of likely N-dealkylation sites (tertiary alicyclic amines) is 1. The van der Waals surface area contributed by atoms with Crippen molar-refractivity contribution in [2.75, 3.05) is 6.61 Å². The molecule has 7 heteroatoms. The molecule has 2 aromatic heterocycles. The van der Waals surface area contributed by atoms with Gasteiger partial charge in [0.2, 0.25) is 0 Å². The van der Waals surface area contributed by atoms with Crippen molar-refractivity contribution in [2.45, 2.75) is 39.3 Å². The number of hydrogen-bond donors (Lipinski definition) is 1. The fourth-order valence-corrected chi connectivity index (χ4v) is 4.06. The fraction of sp³-hybridized carbons (Fsp3) is 0.259. The van der Waals surface area contributed by atoms with Gasteiger partial charge in [0, 0.05) is 36.9 Å². The highest BCUT2D eigenvalue weighted by atomic mass is 16.5. The van der Waals surface area contributed by atoms with E-state index >= 15 is 0 Å². The predicted molar refractivity (Wildman–Crippen MR) is 128 cm³/mol. The first kappa shape index (κ1) is 23.2. The number of nitrogens with zero attached hydrogens (tertiary/aromatic N) is 3. The summed E-state index contributed by atoms with van der Waals surface area (Å²) in [5.74, 6) is -0.887. The molecule has 1 atom stereocenters. The van der Waals surface area contributed by atoms with Crippen molar-refractivity contribution in [1.82, 2.24) is 14.9 Å². The Kier molecular flexibility index (Phi) is 7.01. The molecular weight excluding hydrogens is 430 g/mol. The molecular formula is C27H27N3O4. The molecule has 1 aliphatic rings. The lowest BCUT2D eigenvalue weighted by molar-refractivity contribution is -0.140. The van der Waals surface area contributed by atoms with Crippen LogP contribution in [-0.2, 0) is 16.1 Å². The molecule has 1 unspecified atom stereocenters. The fourth-order valence-electron chi connectivity index (χ4n) is 4.06. The highest BCUT2D eigenvalue weighted by molar-refractivity contribution is 6.46. The van der Waals surface area contributed by atoms with Gasteiger partial charge in [0.25, 0.3) is 11.7 Å².